The Bertz CT molecular complexity index is 995. The lowest BCUT2D eigenvalue weighted by Crippen LogP contribution is -2.67. The summed E-state index contributed by atoms with van der Waals surface area (Å²) >= 11 is 15.6. The highest BCUT2D eigenvalue weighted by molar-refractivity contribution is 7.47. The van der Waals surface area contributed by atoms with Crippen molar-refractivity contribution in [2.24, 2.45) is 53.3 Å². The third kappa shape index (κ3) is 3.62. The standard InChI is InChI=1S/C33H47Cl2N3Si/c34-39(35,36-31-10-21-1-22(11-31)3-23(2-21)12-31)30-19-37(32-13-24-4-25(14-32)6-26(5-24)15-32)20-38(30)33-16-27-7-28(17-33)9-29(8-27)18-33/h19,21-29,36H,1-18H2. The van der Waals surface area contributed by atoms with Crippen molar-refractivity contribution in [3.8, 4) is 0 Å². The molecule has 13 aliphatic rings. The Morgan fingerprint density at radius 3 is 1.36 bits per heavy atom. The molecular weight excluding hydrogens is 537 g/mol. The van der Waals surface area contributed by atoms with Crippen LogP contribution in [0.5, 0.6) is 0 Å². The van der Waals surface area contributed by atoms with E-state index in [2.05, 4.69) is 27.7 Å². The zero-order valence-electron chi connectivity index (χ0n) is 23.7. The van der Waals surface area contributed by atoms with Crippen LogP contribution in [0.2, 0.25) is 0 Å². The molecule has 212 valence electrons. The van der Waals surface area contributed by atoms with E-state index in [1.165, 1.54) is 121 Å². The second-order valence-electron chi connectivity index (χ2n) is 17.5. The summed E-state index contributed by atoms with van der Waals surface area (Å²) in [6.07, 6.45) is 27.8. The van der Waals surface area contributed by atoms with E-state index in [9.17, 15) is 0 Å². The van der Waals surface area contributed by atoms with E-state index in [1.54, 1.807) is 0 Å². The minimum Gasteiger partial charge on any atom is -0.340 e. The van der Waals surface area contributed by atoms with Crippen molar-refractivity contribution in [2.75, 3.05) is 0 Å². The normalized spacial score (nSPS) is 56.3. The lowest BCUT2D eigenvalue weighted by atomic mass is 9.52. The number of rotatable bonds is 5. The van der Waals surface area contributed by atoms with E-state index in [1.807, 2.05) is 0 Å². The van der Waals surface area contributed by atoms with Crippen molar-refractivity contribution in [1.29, 1.82) is 0 Å². The highest BCUT2D eigenvalue weighted by Gasteiger charge is 2.63. The lowest BCUT2D eigenvalue weighted by Gasteiger charge is -2.62. The van der Waals surface area contributed by atoms with E-state index in [-0.39, 0.29) is 16.6 Å². The van der Waals surface area contributed by atoms with Gasteiger partial charge in [-0.25, -0.2) is 0 Å². The molecule has 3 nitrogen and oxygen atoms in total. The molecule has 39 heavy (non-hydrogen) atoms. The third-order valence-corrected chi connectivity index (χ3v) is 18.0. The van der Waals surface area contributed by atoms with E-state index >= 15 is 0 Å². The summed E-state index contributed by atoms with van der Waals surface area (Å²) in [6, 6.07) is 0. The smallest absolute Gasteiger partial charge is 0.340 e. The first-order valence-electron chi connectivity index (χ1n) is 17.0. The lowest BCUT2D eigenvalue weighted by molar-refractivity contribution is -0.0888. The molecule has 12 saturated carbocycles. The topological polar surface area (TPSA) is 18.5 Å². The maximum atomic E-state index is 7.80. The van der Waals surface area contributed by atoms with Gasteiger partial charge in [0.2, 0.25) is 6.67 Å². The highest BCUT2D eigenvalue weighted by Crippen LogP contribution is 2.64. The zero-order valence-corrected chi connectivity index (χ0v) is 26.2. The van der Waals surface area contributed by atoms with E-state index in [0.29, 0.717) is 0 Å². The van der Waals surface area contributed by atoms with Gasteiger partial charge in [0.05, 0.1) is 5.32 Å². The van der Waals surface area contributed by atoms with Crippen molar-refractivity contribution < 1.29 is 0 Å². The van der Waals surface area contributed by atoms with Crippen LogP contribution in [0, 0.1) is 59.9 Å². The molecule has 2 radical (unpaired) electrons. The van der Waals surface area contributed by atoms with Crippen LogP contribution >= 0.6 is 22.2 Å². The Morgan fingerprint density at radius 2 is 0.949 bits per heavy atom. The molecule has 0 spiro atoms. The van der Waals surface area contributed by atoms with Gasteiger partial charge in [-0.05, 0) is 169 Å². The molecule has 0 saturated heterocycles. The first kappa shape index (κ1) is 24.5. The van der Waals surface area contributed by atoms with E-state index < -0.39 is 6.86 Å². The van der Waals surface area contributed by atoms with Crippen molar-refractivity contribution in [3.05, 3.63) is 18.2 Å². The Kier molecular flexibility index (Phi) is 5.01. The van der Waals surface area contributed by atoms with Crippen LogP contribution in [0.3, 0.4) is 0 Å². The van der Waals surface area contributed by atoms with Crippen molar-refractivity contribution >= 4 is 29.0 Å². The largest absolute Gasteiger partial charge is 0.372 e. The molecule has 1 aliphatic heterocycles. The van der Waals surface area contributed by atoms with Gasteiger partial charge in [0, 0.05) is 22.8 Å². The van der Waals surface area contributed by atoms with Crippen LogP contribution in [0.15, 0.2) is 11.5 Å². The molecular formula is C33H47Cl2N3Si. The fourth-order valence-corrected chi connectivity index (χ4v) is 18.5. The Hall–Kier alpha value is 0.0969. The fraction of sp³-hybridized carbons (Fsp3) is 0.909. The second-order valence-corrected chi connectivity index (χ2v) is 23.4. The van der Waals surface area contributed by atoms with Gasteiger partial charge in [-0.1, -0.05) is 0 Å². The molecule has 0 unspecified atom stereocenters. The molecule has 12 bridgehead atoms. The number of hydrogen-bond donors (Lipinski definition) is 1. The third-order valence-electron chi connectivity index (χ3n) is 14.5. The highest BCUT2D eigenvalue weighted by atomic mass is 35.7. The predicted octanol–water partition coefficient (Wildman–Crippen LogP) is 7.89. The summed E-state index contributed by atoms with van der Waals surface area (Å²) in [5.74, 6) is 8.23. The van der Waals surface area contributed by atoms with Crippen LogP contribution in [0.1, 0.15) is 116 Å². The number of nitrogens with zero attached hydrogens (tertiary/aromatic N) is 2. The first-order valence-corrected chi connectivity index (χ1v) is 21.0. The fourth-order valence-electron chi connectivity index (χ4n) is 14.6. The Balaban J connectivity index is 1.02. The maximum absolute atomic E-state index is 7.80. The number of halogens is 2. The molecule has 0 aromatic rings. The van der Waals surface area contributed by atoms with Gasteiger partial charge in [0.25, 0.3) is 0 Å². The monoisotopic (exact) mass is 583 g/mol. The summed E-state index contributed by atoms with van der Waals surface area (Å²) in [7, 11) is 0. The maximum Gasteiger partial charge on any atom is 0.372 e. The molecule has 12 fully saturated rings. The molecule has 1 heterocycles. The van der Waals surface area contributed by atoms with E-state index in [4.69, 9.17) is 22.2 Å². The molecule has 12 aliphatic carbocycles. The summed E-state index contributed by atoms with van der Waals surface area (Å²) in [5, 5.41) is 1.28. The minimum absolute atomic E-state index is 0.187. The van der Waals surface area contributed by atoms with Crippen LogP contribution < -0.4 is 4.98 Å². The second kappa shape index (κ2) is 7.97. The molecule has 6 heteroatoms. The van der Waals surface area contributed by atoms with Crippen molar-refractivity contribution in [1.82, 2.24) is 14.8 Å². The quantitative estimate of drug-likeness (QED) is 0.262. The van der Waals surface area contributed by atoms with Gasteiger partial charge in [-0.15, -0.1) is 22.2 Å². The molecule has 0 aromatic carbocycles. The van der Waals surface area contributed by atoms with E-state index in [0.717, 1.165) is 53.3 Å². The van der Waals surface area contributed by atoms with Gasteiger partial charge in [0.15, 0.2) is 0 Å². The van der Waals surface area contributed by atoms with Crippen LogP contribution in [-0.2, 0) is 0 Å². The Labute approximate surface area is 246 Å². The minimum atomic E-state index is -2.95. The summed E-state index contributed by atoms with van der Waals surface area (Å²) in [4.78, 5) is 9.51. The number of hydrogen-bond acceptors (Lipinski definition) is 3. The average Bonchev–Trinajstić information content (AvgIpc) is 3.30. The van der Waals surface area contributed by atoms with Crippen molar-refractivity contribution in [2.45, 2.75) is 132 Å². The average molecular weight is 585 g/mol. The molecule has 0 aromatic heterocycles. The van der Waals surface area contributed by atoms with Crippen LogP contribution in [0.4, 0.5) is 0 Å². The van der Waals surface area contributed by atoms with Gasteiger partial charge in [-0.3, -0.25) is 0 Å². The molecule has 1 N–H and O–H groups in total. The predicted molar refractivity (Wildman–Crippen MR) is 158 cm³/mol. The number of nitrogens with one attached hydrogen (secondary N) is 1. The summed E-state index contributed by atoms with van der Waals surface area (Å²) in [6.45, 7) is 1.22. The first-order chi connectivity index (χ1) is 18.7. The summed E-state index contributed by atoms with van der Waals surface area (Å²) < 4.78 is 0. The van der Waals surface area contributed by atoms with Crippen LogP contribution in [-0.4, -0.2) is 33.3 Å². The molecule has 13 rings (SSSR count). The zero-order chi connectivity index (χ0) is 25.8. The van der Waals surface area contributed by atoms with Gasteiger partial charge in [0.1, 0.15) is 0 Å². The van der Waals surface area contributed by atoms with Gasteiger partial charge in [-0.2, -0.15) is 0 Å². The van der Waals surface area contributed by atoms with Gasteiger partial charge >= 0.3 is 6.86 Å². The van der Waals surface area contributed by atoms with Crippen molar-refractivity contribution in [3.63, 3.8) is 0 Å². The van der Waals surface area contributed by atoms with Gasteiger partial charge < -0.3 is 14.8 Å². The SMILES string of the molecule is Cl[Si](Cl)(NC12CC3CC(CC(C3)C1)C2)C1=CN(C23CC4CC(CC(C4)C2)C3)[C]N1C12CC3CC(CC(C3)C1)C2. The summed E-state index contributed by atoms with van der Waals surface area (Å²) in [5.41, 5.74) is 0.672. The Morgan fingerprint density at radius 1 is 0.590 bits per heavy atom. The molecule has 0 atom stereocenters. The molecule has 0 amide bonds. The van der Waals surface area contributed by atoms with Crippen LogP contribution in [0.25, 0.3) is 0 Å².